The number of rotatable bonds is 8. The van der Waals surface area contributed by atoms with Gasteiger partial charge in [0.2, 0.25) is 0 Å². The Labute approximate surface area is 375 Å². The van der Waals surface area contributed by atoms with Crippen LogP contribution in [0.4, 0.5) is 0 Å². The predicted molar refractivity (Wildman–Crippen MR) is 260 cm³/mol. The minimum atomic E-state index is -0.547. The molecule has 1 aliphatic rings. The summed E-state index contributed by atoms with van der Waals surface area (Å²) in [6.45, 7) is 4.00. The Hall–Kier alpha value is -8.80. The van der Waals surface area contributed by atoms with Crippen molar-refractivity contribution in [2.24, 2.45) is 5.92 Å². The summed E-state index contributed by atoms with van der Waals surface area (Å²) >= 11 is 0. The van der Waals surface area contributed by atoms with E-state index in [-0.39, 0.29) is 0 Å². The molecule has 302 valence electrons. The van der Waals surface area contributed by atoms with Gasteiger partial charge >= 0.3 is 0 Å². The lowest BCUT2D eigenvalue weighted by atomic mass is 9.69. The fraction of sp³-hybridized carbons (Fsp3) is 0.0667. The van der Waals surface area contributed by atoms with Crippen LogP contribution in [0.1, 0.15) is 42.0 Å². The van der Waals surface area contributed by atoms with Crippen molar-refractivity contribution < 1.29 is 0 Å². The lowest BCUT2D eigenvalue weighted by Crippen LogP contribution is -2.14. The van der Waals surface area contributed by atoms with Gasteiger partial charge in [-0.3, -0.25) is 0 Å². The number of benzene rings is 8. The molecule has 9 rings (SSSR count). The first-order chi connectivity index (χ1) is 31.6. The molecule has 0 bridgehead atoms. The minimum absolute atomic E-state index is 0.449. The van der Waals surface area contributed by atoms with Crippen LogP contribution in [-0.4, -0.2) is 0 Å². The minimum Gasteiger partial charge on any atom is -0.198 e. The Morgan fingerprint density at radius 1 is 0.359 bits per heavy atom. The van der Waals surface area contributed by atoms with Crippen molar-refractivity contribution in [2.45, 2.75) is 19.8 Å². The number of nitrogens with zero attached hydrogens (tertiary/aromatic N) is 4. The fourth-order valence-corrected chi connectivity index (χ4v) is 8.83. The SMILES string of the molecule is CC.N#Cc1cc(-c2ccccc2)cc(-c2c(-c3cc(C#N)cc(-c4ccccc4)c3)c(-c3ccccc3)c(C3C=CC=CC3C#N)c(-c3ccccc3C#N)c2-c2ccccc2)c1. The molecule has 0 aliphatic heterocycles. The highest BCUT2D eigenvalue weighted by Gasteiger charge is 2.35. The maximum atomic E-state index is 10.9. The summed E-state index contributed by atoms with van der Waals surface area (Å²) in [5.74, 6) is -0.995. The van der Waals surface area contributed by atoms with Crippen molar-refractivity contribution in [3.8, 4) is 102 Å². The van der Waals surface area contributed by atoms with E-state index in [4.69, 9.17) is 0 Å². The van der Waals surface area contributed by atoms with Crippen molar-refractivity contribution in [1.29, 1.82) is 21.0 Å². The third-order valence-corrected chi connectivity index (χ3v) is 11.5. The van der Waals surface area contributed by atoms with Gasteiger partial charge in [0.1, 0.15) is 0 Å². The molecule has 2 atom stereocenters. The third kappa shape index (κ3) is 8.17. The molecule has 1 aliphatic carbocycles. The molecule has 2 unspecified atom stereocenters. The summed E-state index contributed by atoms with van der Waals surface area (Å²) in [5.41, 5.74) is 14.3. The predicted octanol–water partition coefficient (Wildman–Crippen LogP) is 15.3. The summed E-state index contributed by atoms with van der Waals surface area (Å²) in [5, 5.41) is 43.2. The van der Waals surface area contributed by atoms with Gasteiger partial charge in [0, 0.05) is 11.5 Å². The molecule has 8 aromatic rings. The molecular formula is C60H42N4. The van der Waals surface area contributed by atoms with E-state index in [0.717, 1.165) is 83.5 Å². The number of nitriles is 4. The van der Waals surface area contributed by atoms with E-state index in [2.05, 4.69) is 66.8 Å². The van der Waals surface area contributed by atoms with Gasteiger partial charge in [-0.1, -0.05) is 178 Å². The van der Waals surface area contributed by atoms with Gasteiger partial charge in [0.25, 0.3) is 0 Å². The molecule has 0 saturated heterocycles. The van der Waals surface area contributed by atoms with Gasteiger partial charge in [0.05, 0.1) is 46.9 Å². The standard InChI is InChI=1S/C58H36N4.C2H6/c59-35-39-29-47(41-17-5-1-6-18-41)33-49(31-39)55-53(43-21-9-3-10-22-43)57(51-27-15-13-25-45(51)37-61)58(52-28-16-14-26-46(52)38-62)54(44-23-11-4-12-24-44)56(55)50-32-40(36-60)30-48(34-50)42-19-7-2-8-20-42;1-2/h1-34,45,51H;1-2H3. The van der Waals surface area contributed by atoms with Crippen LogP contribution < -0.4 is 0 Å². The van der Waals surface area contributed by atoms with Crippen LogP contribution in [0, 0.1) is 51.2 Å². The molecule has 0 fully saturated rings. The summed E-state index contributed by atoms with van der Waals surface area (Å²) < 4.78 is 0. The molecule has 4 heteroatoms. The summed E-state index contributed by atoms with van der Waals surface area (Å²) in [4.78, 5) is 0. The summed E-state index contributed by atoms with van der Waals surface area (Å²) in [7, 11) is 0. The average Bonchev–Trinajstić information content (AvgIpc) is 3.39. The van der Waals surface area contributed by atoms with E-state index in [1.807, 2.05) is 178 Å². The van der Waals surface area contributed by atoms with Gasteiger partial charge in [0.15, 0.2) is 0 Å². The van der Waals surface area contributed by atoms with Crippen molar-refractivity contribution in [3.63, 3.8) is 0 Å². The second-order valence-electron chi connectivity index (χ2n) is 15.2. The summed E-state index contributed by atoms with van der Waals surface area (Å²) in [6, 6.07) is 70.2. The molecule has 64 heavy (non-hydrogen) atoms. The molecule has 0 radical (unpaired) electrons. The van der Waals surface area contributed by atoms with Gasteiger partial charge in [-0.25, -0.2) is 0 Å². The Morgan fingerprint density at radius 2 is 0.766 bits per heavy atom. The monoisotopic (exact) mass is 818 g/mol. The second kappa shape index (κ2) is 19.3. The Bertz CT molecular complexity index is 3210. The topological polar surface area (TPSA) is 95.2 Å². The van der Waals surface area contributed by atoms with E-state index >= 15 is 0 Å². The molecule has 0 spiro atoms. The molecule has 0 amide bonds. The van der Waals surface area contributed by atoms with Crippen LogP contribution in [0.2, 0.25) is 0 Å². The van der Waals surface area contributed by atoms with Gasteiger partial charge in [-0.05, 0) is 120 Å². The Kier molecular flexibility index (Phi) is 12.6. The van der Waals surface area contributed by atoms with Crippen molar-refractivity contribution >= 4 is 0 Å². The Morgan fingerprint density at radius 3 is 1.25 bits per heavy atom. The van der Waals surface area contributed by atoms with Crippen LogP contribution in [-0.2, 0) is 0 Å². The normalized spacial score (nSPS) is 13.6. The molecular weight excluding hydrogens is 777 g/mol. The van der Waals surface area contributed by atoms with Crippen molar-refractivity contribution in [1.82, 2.24) is 0 Å². The average molecular weight is 819 g/mol. The van der Waals surface area contributed by atoms with Crippen LogP contribution in [0.15, 0.2) is 206 Å². The highest BCUT2D eigenvalue weighted by atomic mass is 14.4. The molecule has 0 aromatic heterocycles. The highest BCUT2D eigenvalue weighted by molar-refractivity contribution is 6.11. The summed E-state index contributed by atoms with van der Waals surface area (Å²) in [6.07, 6.45) is 7.96. The first-order valence-electron chi connectivity index (χ1n) is 21.4. The van der Waals surface area contributed by atoms with Crippen LogP contribution >= 0.6 is 0 Å². The van der Waals surface area contributed by atoms with Crippen molar-refractivity contribution in [2.75, 3.05) is 0 Å². The van der Waals surface area contributed by atoms with Gasteiger partial charge in [-0.2, -0.15) is 21.0 Å². The van der Waals surface area contributed by atoms with Gasteiger partial charge < -0.3 is 0 Å². The smallest absolute Gasteiger partial charge is 0.0998 e. The first-order valence-corrected chi connectivity index (χ1v) is 21.4. The lowest BCUT2D eigenvalue weighted by molar-refractivity contribution is 0.715. The van der Waals surface area contributed by atoms with Crippen LogP contribution in [0.5, 0.6) is 0 Å². The van der Waals surface area contributed by atoms with Crippen LogP contribution in [0.25, 0.3) is 77.9 Å². The number of hydrogen-bond donors (Lipinski definition) is 0. The zero-order chi connectivity index (χ0) is 44.4. The molecule has 0 heterocycles. The Balaban J connectivity index is 0.00000276. The maximum absolute atomic E-state index is 10.9. The quantitative estimate of drug-likeness (QED) is 0.153. The van der Waals surface area contributed by atoms with E-state index in [9.17, 15) is 21.0 Å². The van der Waals surface area contributed by atoms with E-state index in [0.29, 0.717) is 16.7 Å². The molecule has 4 nitrogen and oxygen atoms in total. The molecule has 8 aromatic carbocycles. The largest absolute Gasteiger partial charge is 0.198 e. The van der Waals surface area contributed by atoms with E-state index in [1.54, 1.807) is 0 Å². The zero-order valence-corrected chi connectivity index (χ0v) is 35.6. The fourth-order valence-electron chi connectivity index (χ4n) is 8.83. The lowest BCUT2D eigenvalue weighted by Gasteiger charge is -2.33. The van der Waals surface area contributed by atoms with Crippen LogP contribution in [0.3, 0.4) is 0 Å². The highest BCUT2D eigenvalue weighted by Crippen LogP contribution is 2.57. The van der Waals surface area contributed by atoms with E-state index < -0.39 is 11.8 Å². The maximum Gasteiger partial charge on any atom is 0.0998 e. The molecule has 0 saturated carbocycles. The first kappa shape index (κ1) is 41.9. The van der Waals surface area contributed by atoms with E-state index in [1.165, 1.54) is 0 Å². The number of allylic oxidation sites excluding steroid dienone is 4. The zero-order valence-electron chi connectivity index (χ0n) is 35.6. The third-order valence-electron chi connectivity index (χ3n) is 11.5. The molecule has 0 N–H and O–H groups in total. The second-order valence-corrected chi connectivity index (χ2v) is 15.2. The van der Waals surface area contributed by atoms with Gasteiger partial charge in [-0.15, -0.1) is 0 Å². The van der Waals surface area contributed by atoms with Crippen molar-refractivity contribution in [3.05, 3.63) is 229 Å². The number of hydrogen-bond acceptors (Lipinski definition) is 4.